The van der Waals surface area contributed by atoms with Crippen molar-refractivity contribution in [2.75, 3.05) is 0 Å². The third-order valence-corrected chi connectivity index (χ3v) is 4.73. The molecule has 102 valence electrons. The highest BCUT2D eigenvalue weighted by atomic mass is 16.4. The lowest BCUT2D eigenvalue weighted by Gasteiger charge is -2.40. The SMILES string of the molecule is CC1CCC(C)(NC(=O)C2CCC2C(=O)O)CC1. The van der Waals surface area contributed by atoms with Crippen LogP contribution >= 0.6 is 0 Å². The maximum absolute atomic E-state index is 12.1. The van der Waals surface area contributed by atoms with Crippen molar-refractivity contribution in [2.24, 2.45) is 17.8 Å². The van der Waals surface area contributed by atoms with Crippen LogP contribution < -0.4 is 5.32 Å². The van der Waals surface area contributed by atoms with Gasteiger partial charge in [0, 0.05) is 5.54 Å². The maximum Gasteiger partial charge on any atom is 0.307 e. The van der Waals surface area contributed by atoms with Crippen LogP contribution in [-0.2, 0) is 9.59 Å². The van der Waals surface area contributed by atoms with Gasteiger partial charge in [0.1, 0.15) is 0 Å². The molecular weight excluding hydrogens is 230 g/mol. The molecule has 0 radical (unpaired) electrons. The van der Waals surface area contributed by atoms with Crippen molar-refractivity contribution in [1.29, 1.82) is 0 Å². The summed E-state index contributed by atoms with van der Waals surface area (Å²) in [5.74, 6) is -0.908. The quantitative estimate of drug-likeness (QED) is 0.810. The molecule has 18 heavy (non-hydrogen) atoms. The Bertz CT molecular complexity index is 345. The number of rotatable bonds is 3. The van der Waals surface area contributed by atoms with Crippen molar-refractivity contribution in [2.45, 2.75) is 57.9 Å². The minimum atomic E-state index is -0.830. The molecule has 1 amide bonds. The number of carbonyl (C=O) groups excluding carboxylic acids is 1. The zero-order valence-corrected chi connectivity index (χ0v) is 11.2. The number of carboxylic acid groups (broad SMARTS) is 1. The molecule has 2 atom stereocenters. The van der Waals surface area contributed by atoms with Crippen LogP contribution in [-0.4, -0.2) is 22.5 Å². The van der Waals surface area contributed by atoms with E-state index >= 15 is 0 Å². The number of hydrogen-bond donors (Lipinski definition) is 2. The maximum atomic E-state index is 12.1. The van der Waals surface area contributed by atoms with Crippen LogP contribution in [0, 0.1) is 17.8 Å². The molecule has 0 aromatic heterocycles. The van der Waals surface area contributed by atoms with Crippen molar-refractivity contribution in [3.05, 3.63) is 0 Å². The minimum absolute atomic E-state index is 0.0503. The summed E-state index contributed by atoms with van der Waals surface area (Å²) in [5.41, 5.74) is -0.123. The van der Waals surface area contributed by atoms with Crippen molar-refractivity contribution in [3.8, 4) is 0 Å². The van der Waals surface area contributed by atoms with Crippen LogP contribution in [0.2, 0.25) is 0 Å². The smallest absolute Gasteiger partial charge is 0.307 e. The summed E-state index contributed by atoms with van der Waals surface area (Å²) in [6.45, 7) is 4.33. The summed E-state index contributed by atoms with van der Waals surface area (Å²) in [5, 5.41) is 12.1. The van der Waals surface area contributed by atoms with Gasteiger partial charge in [-0.25, -0.2) is 0 Å². The molecule has 4 heteroatoms. The standard InChI is InChI=1S/C14H23NO3/c1-9-5-7-14(2,8-6-9)15-12(16)10-3-4-11(10)13(17)18/h9-11H,3-8H2,1-2H3,(H,15,16)(H,17,18). The van der Waals surface area contributed by atoms with Crippen LogP contribution in [0.3, 0.4) is 0 Å². The van der Waals surface area contributed by atoms with E-state index in [9.17, 15) is 9.59 Å². The fourth-order valence-electron chi connectivity index (χ4n) is 3.02. The highest BCUT2D eigenvalue weighted by molar-refractivity contribution is 5.86. The molecular formula is C14H23NO3. The Labute approximate surface area is 108 Å². The van der Waals surface area contributed by atoms with E-state index in [0.29, 0.717) is 6.42 Å². The Balaban J connectivity index is 1.89. The molecule has 0 aliphatic heterocycles. The van der Waals surface area contributed by atoms with Gasteiger partial charge in [0.2, 0.25) is 5.91 Å². The lowest BCUT2D eigenvalue weighted by Crippen LogP contribution is -2.53. The summed E-state index contributed by atoms with van der Waals surface area (Å²) < 4.78 is 0. The molecule has 2 aliphatic rings. The van der Waals surface area contributed by atoms with Crippen LogP contribution in [0.4, 0.5) is 0 Å². The molecule has 2 rings (SSSR count). The minimum Gasteiger partial charge on any atom is -0.481 e. The first kappa shape index (κ1) is 13.4. The first-order valence-electron chi connectivity index (χ1n) is 6.96. The van der Waals surface area contributed by atoms with Gasteiger partial charge in [-0.2, -0.15) is 0 Å². The number of hydrogen-bond acceptors (Lipinski definition) is 2. The molecule has 4 nitrogen and oxygen atoms in total. The van der Waals surface area contributed by atoms with Gasteiger partial charge >= 0.3 is 5.97 Å². The molecule has 0 saturated heterocycles. The van der Waals surface area contributed by atoms with E-state index in [4.69, 9.17) is 5.11 Å². The van der Waals surface area contributed by atoms with E-state index in [-0.39, 0.29) is 17.4 Å². The van der Waals surface area contributed by atoms with Crippen LogP contribution in [0.1, 0.15) is 52.4 Å². The molecule has 2 fully saturated rings. The Morgan fingerprint density at radius 3 is 2.11 bits per heavy atom. The van der Waals surface area contributed by atoms with Crippen molar-refractivity contribution >= 4 is 11.9 Å². The lowest BCUT2D eigenvalue weighted by atomic mass is 9.72. The number of amides is 1. The van der Waals surface area contributed by atoms with Gasteiger partial charge < -0.3 is 10.4 Å². The summed E-state index contributed by atoms with van der Waals surface area (Å²) in [7, 11) is 0. The largest absolute Gasteiger partial charge is 0.481 e. The Kier molecular flexibility index (Phi) is 3.64. The normalized spacial score (nSPS) is 39.8. The fourth-order valence-corrected chi connectivity index (χ4v) is 3.02. The van der Waals surface area contributed by atoms with Crippen molar-refractivity contribution in [3.63, 3.8) is 0 Å². The second-order valence-corrected chi connectivity index (χ2v) is 6.36. The van der Waals surface area contributed by atoms with E-state index in [0.717, 1.165) is 38.0 Å². The van der Waals surface area contributed by atoms with Crippen LogP contribution in [0.15, 0.2) is 0 Å². The van der Waals surface area contributed by atoms with Gasteiger partial charge in [0.05, 0.1) is 11.8 Å². The number of carboxylic acids is 1. The Morgan fingerprint density at radius 2 is 1.67 bits per heavy atom. The van der Waals surface area contributed by atoms with Crippen LogP contribution in [0.25, 0.3) is 0 Å². The zero-order valence-electron chi connectivity index (χ0n) is 11.2. The molecule has 0 spiro atoms. The average molecular weight is 253 g/mol. The lowest BCUT2D eigenvalue weighted by molar-refractivity contribution is -0.153. The summed E-state index contributed by atoms with van der Waals surface area (Å²) >= 11 is 0. The molecule has 2 saturated carbocycles. The molecule has 2 aliphatic carbocycles. The van der Waals surface area contributed by atoms with Gasteiger partial charge in [0.15, 0.2) is 0 Å². The zero-order chi connectivity index (χ0) is 13.3. The van der Waals surface area contributed by atoms with Gasteiger partial charge in [-0.05, 0) is 51.4 Å². The fraction of sp³-hybridized carbons (Fsp3) is 0.857. The predicted molar refractivity (Wildman–Crippen MR) is 68.0 cm³/mol. The third-order valence-electron chi connectivity index (χ3n) is 4.73. The van der Waals surface area contributed by atoms with Crippen molar-refractivity contribution in [1.82, 2.24) is 5.32 Å². The second-order valence-electron chi connectivity index (χ2n) is 6.36. The van der Waals surface area contributed by atoms with Gasteiger partial charge in [0.25, 0.3) is 0 Å². The number of carbonyl (C=O) groups is 2. The summed E-state index contributed by atoms with van der Waals surface area (Å²) in [4.78, 5) is 23.1. The van der Waals surface area contributed by atoms with E-state index in [1.807, 2.05) is 0 Å². The molecule has 0 bridgehead atoms. The first-order valence-corrected chi connectivity index (χ1v) is 6.96. The average Bonchev–Trinajstić information content (AvgIpc) is 2.20. The van der Waals surface area contributed by atoms with E-state index in [2.05, 4.69) is 19.2 Å². The highest BCUT2D eigenvalue weighted by Gasteiger charge is 2.43. The first-order chi connectivity index (χ1) is 8.41. The topological polar surface area (TPSA) is 66.4 Å². The molecule has 0 aromatic rings. The second kappa shape index (κ2) is 4.90. The van der Waals surface area contributed by atoms with Gasteiger partial charge in [-0.3, -0.25) is 9.59 Å². The molecule has 0 heterocycles. The Morgan fingerprint density at radius 1 is 1.11 bits per heavy atom. The monoisotopic (exact) mass is 253 g/mol. The summed E-state index contributed by atoms with van der Waals surface area (Å²) in [6, 6.07) is 0. The van der Waals surface area contributed by atoms with E-state index < -0.39 is 11.9 Å². The molecule has 2 unspecified atom stereocenters. The van der Waals surface area contributed by atoms with Gasteiger partial charge in [-0.1, -0.05) is 6.92 Å². The Hall–Kier alpha value is -1.06. The van der Waals surface area contributed by atoms with E-state index in [1.165, 1.54) is 0 Å². The number of nitrogens with one attached hydrogen (secondary N) is 1. The molecule has 2 N–H and O–H groups in total. The number of aliphatic carboxylic acids is 1. The third kappa shape index (κ3) is 2.68. The summed E-state index contributed by atoms with van der Waals surface area (Å²) in [6.07, 6.45) is 5.65. The highest BCUT2D eigenvalue weighted by Crippen LogP contribution is 2.37. The van der Waals surface area contributed by atoms with E-state index in [1.54, 1.807) is 0 Å². The molecule has 0 aromatic carbocycles. The van der Waals surface area contributed by atoms with Crippen LogP contribution in [0.5, 0.6) is 0 Å². The van der Waals surface area contributed by atoms with Crippen molar-refractivity contribution < 1.29 is 14.7 Å². The predicted octanol–water partition coefficient (Wildman–Crippen LogP) is 2.18. The van der Waals surface area contributed by atoms with Gasteiger partial charge in [-0.15, -0.1) is 0 Å².